The minimum atomic E-state index is -0.662. The van der Waals surface area contributed by atoms with Crippen LogP contribution in [0.15, 0.2) is 0 Å². The van der Waals surface area contributed by atoms with E-state index in [1.54, 1.807) is 4.90 Å². The Hall–Kier alpha value is -1.10. The van der Waals surface area contributed by atoms with Gasteiger partial charge in [-0.2, -0.15) is 0 Å². The third-order valence-corrected chi connectivity index (χ3v) is 3.90. The monoisotopic (exact) mass is 254 g/mol. The first kappa shape index (κ1) is 13.3. The van der Waals surface area contributed by atoms with Crippen LogP contribution < -0.4 is 5.32 Å². The average Bonchev–Trinajstić information content (AvgIpc) is 3.17. The number of nitrogens with zero attached hydrogens (tertiary/aromatic N) is 1. The normalized spacial score (nSPS) is 28.4. The lowest BCUT2D eigenvalue weighted by molar-refractivity contribution is -0.155. The molecule has 2 fully saturated rings. The van der Waals surface area contributed by atoms with E-state index in [0.29, 0.717) is 25.7 Å². The molecule has 2 aliphatic rings. The Labute approximate surface area is 108 Å². The van der Waals surface area contributed by atoms with Gasteiger partial charge in [0.15, 0.2) is 0 Å². The van der Waals surface area contributed by atoms with Crippen LogP contribution in [0.4, 0.5) is 0 Å². The molecule has 1 atom stereocenters. The van der Waals surface area contributed by atoms with Gasteiger partial charge in [0.05, 0.1) is 13.2 Å². The minimum absolute atomic E-state index is 0.00379. The van der Waals surface area contributed by atoms with E-state index in [9.17, 15) is 9.59 Å². The number of hydrogen-bond donors (Lipinski definition) is 1. The van der Waals surface area contributed by atoms with Crippen molar-refractivity contribution in [3.8, 4) is 0 Å². The van der Waals surface area contributed by atoms with Gasteiger partial charge < -0.3 is 15.0 Å². The van der Waals surface area contributed by atoms with Gasteiger partial charge in [0.25, 0.3) is 0 Å². The first-order valence-electron chi connectivity index (χ1n) is 6.77. The van der Waals surface area contributed by atoms with Crippen molar-refractivity contribution in [2.24, 2.45) is 5.92 Å². The standard InChI is InChI=1S/C13H22N2O3/c1-3-7-18-8-6-15-11(16)9-14-12(17)13(15,2)10-4-5-10/h10H,3-9H2,1-2H3,(H,14,17). The topological polar surface area (TPSA) is 58.6 Å². The third kappa shape index (κ3) is 2.36. The highest BCUT2D eigenvalue weighted by Crippen LogP contribution is 2.44. The van der Waals surface area contributed by atoms with Crippen LogP contribution in [0.1, 0.15) is 33.1 Å². The van der Waals surface area contributed by atoms with E-state index in [2.05, 4.69) is 5.32 Å². The molecule has 0 aromatic carbocycles. The zero-order chi connectivity index (χ0) is 13.2. The molecule has 18 heavy (non-hydrogen) atoms. The number of piperazine rings is 1. The van der Waals surface area contributed by atoms with Crippen LogP contribution in [-0.4, -0.2) is 48.6 Å². The fourth-order valence-corrected chi connectivity index (χ4v) is 2.62. The SMILES string of the molecule is CCCOCCN1C(=O)CNC(=O)C1(C)C1CC1. The summed E-state index contributed by atoms with van der Waals surface area (Å²) in [6.45, 7) is 5.78. The van der Waals surface area contributed by atoms with Gasteiger partial charge in [-0.05, 0) is 32.1 Å². The van der Waals surface area contributed by atoms with Gasteiger partial charge in [0.1, 0.15) is 5.54 Å². The van der Waals surface area contributed by atoms with Crippen LogP contribution in [0.5, 0.6) is 0 Å². The Morgan fingerprint density at radius 3 is 2.72 bits per heavy atom. The maximum Gasteiger partial charge on any atom is 0.246 e. The highest BCUT2D eigenvalue weighted by molar-refractivity contribution is 5.98. The molecule has 1 saturated carbocycles. The van der Waals surface area contributed by atoms with Gasteiger partial charge in [-0.15, -0.1) is 0 Å². The maximum atomic E-state index is 12.1. The molecule has 0 aromatic heterocycles. The predicted molar refractivity (Wildman–Crippen MR) is 67.0 cm³/mol. The highest BCUT2D eigenvalue weighted by Gasteiger charge is 2.54. The summed E-state index contributed by atoms with van der Waals surface area (Å²) in [5.74, 6) is 0.303. The summed E-state index contributed by atoms with van der Waals surface area (Å²) < 4.78 is 5.44. The molecule has 0 bridgehead atoms. The summed E-state index contributed by atoms with van der Waals surface area (Å²) in [6.07, 6.45) is 3.03. The predicted octanol–water partition coefficient (Wildman–Crippen LogP) is 0.540. The number of hydrogen-bond acceptors (Lipinski definition) is 3. The lowest BCUT2D eigenvalue weighted by Gasteiger charge is -2.43. The van der Waals surface area contributed by atoms with Crippen molar-refractivity contribution in [3.05, 3.63) is 0 Å². The van der Waals surface area contributed by atoms with Crippen LogP contribution >= 0.6 is 0 Å². The maximum absolute atomic E-state index is 12.1. The smallest absolute Gasteiger partial charge is 0.246 e. The second-order valence-corrected chi connectivity index (χ2v) is 5.26. The Bertz CT molecular complexity index is 341. The van der Waals surface area contributed by atoms with Gasteiger partial charge in [-0.3, -0.25) is 9.59 Å². The molecule has 5 heteroatoms. The van der Waals surface area contributed by atoms with Crippen molar-refractivity contribution in [3.63, 3.8) is 0 Å². The molecule has 0 spiro atoms. The van der Waals surface area contributed by atoms with E-state index in [4.69, 9.17) is 4.74 Å². The molecule has 2 rings (SSSR count). The lowest BCUT2D eigenvalue weighted by Crippen LogP contribution is -2.67. The average molecular weight is 254 g/mol. The van der Waals surface area contributed by atoms with Crippen LogP contribution in [0.25, 0.3) is 0 Å². The van der Waals surface area contributed by atoms with Crippen LogP contribution in [-0.2, 0) is 14.3 Å². The van der Waals surface area contributed by atoms with E-state index in [1.165, 1.54) is 0 Å². The molecule has 1 saturated heterocycles. The zero-order valence-corrected chi connectivity index (χ0v) is 11.2. The number of amides is 2. The molecule has 1 N–H and O–H groups in total. The molecule has 1 aliphatic carbocycles. The molecular weight excluding hydrogens is 232 g/mol. The summed E-state index contributed by atoms with van der Waals surface area (Å²) in [4.78, 5) is 25.8. The number of carbonyl (C=O) groups is 2. The fraction of sp³-hybridized carbons (Fsp3) is 0.846. The fourth-order valence-electron chi connectivity index (χ4n) is 2.62. The van der Waals surface area contributed by atoms with Crippen molar-refractivity contribution in [1.29, 1.82) is 0 Å². The third-order valence-electron chi connectivity index (χ3n) is 3.90. The van der Waals surface area contributed by atoms with Crippen molar-refractivity contribution >= 4 is 11.8 Å². The summed E-state index contributed by atoms with van der Waals surface area (Å²) in [6, 6.07) is 0. The number of ether oxygens (including phenoxy) is 1. The minimum Gasteiger partial charge on any atom is -0.380 e. The highest BCUT2D eigenvalue weighted by atomic mass is 16.5. The van der Waals surface area contributed by atoms with Crippen LogP contribution in [0.3, 0.4) is 0 Å². The number of carbonyl (C=O) groups excluding carboxylic acids is 2. The Morgan fingerprint density at radius 2 is 2.11 bits per heavy atom. The van der Waals surface area contributed by atoms with Gasteiger partial charge in [-0.25, -0.2) is 0 Å². The van der Waals surface area contributed by atoms with Gasteiger partial charge in [0.2, 0.25) is 11.8 Å². The molecule has 1 heterocycles. The van der Waals surface area contributed by atoms with Gasteiger partial charge in [-0.1, -0.05) is 6.92 Å². The van der Waals surface area contributed by atoms with Gasteiger partial charge >= 0.3 is 0 Å². The van der Waals surface area contributed by atoms with Crippen molar-refractivity contribution < 1.29 is 14.3 Å². The Kier molecular flexibility index (Phi) is 3.90. The van der Waals surface area contributed by atoms with E-state index in [0.717, 1.165) is 19.3 Å². The van der Waals surface area contributed by atoms with E-state index < -0.39 is 5.54 Å². The van der Waals surface area contributed by atoms with Crippen LogP contribution in [0, 0.1) is 5.92 Å². The Balaban J connectivity index is 2.02. The first-order valence-corrected chi connectivity index (χ1v) is 6.77. The second kappa shape index (κ2) is 5.26. The zero-order valence-electron chi connectivity index (χ0n) is 11.2. The summed E-state index contributed by atoms with van der Waals surface area (Å²) in [5.41, 5.74) is -0.662. The molecule has 0 radical (unpaired) electrons. The van der Waals surface area contributed by atoms with Crippen molar-refractivity contribution in [2.45, 2.75) is 38.6 Å². The number of rotatable bonds is 6. The molecular formula is C13H22N2O3. The second-order valence-electron chi connectivity index (χ2n) is 5.26. The Morgan fingerprint density at radius 1 is 1.39 bits per heavy atom. The first-order chi connectivity index (χ1) is 8.60. The molecule has 1 unspecified atom stereocenters. The summed E-state index contributed by atoms with van der Waals surface area (Å²) >= 11 is 0. The largest absolute Gasteiger partial charge is 0.380 e. The van der Waals surface area contributed by atoms with E-state index in [1.807, 2.05) is 13.8 Å². The van der Waals surface area contributed by atoms with Crippen LogP contribution in [0.2, 0.25) is 0 Å². The quantitative estimate of drug-likeness (QED) is 0.704. The molecule has 5 nitrogen and oxygen atoms in total. The summed E-state index contributed by atoms with van der Waals surface area (Å²) in [5, 5.41) is 2.70. The van der Waals surface area contributed by atoms with E-state index in [-0.39, 0.29) is 18.4 Å². The van der Waals surface area contributed by atoms with Crippen molar-refractivity contribution in [2.75, 3.05) is 26.3 Å². The van der Waals surface area contributed by atoms with Crippen molar-refractivity contribution in [1.82, 2.24) is 10.2 Å². The lowest BCUT2D eigenvalue weighted by atomic mass is 9.90. The summed E-state index contributed by atoms with van der Waals surface area (Å²) in [7, 11) is 0. The number of nitrogens with one attached hydrogen (secondary N) is 1. The molecule has 2 amide bonds. The van der Waals surface area contributed by atoms with E-state index >= 15 is 0 Å². The van der Waals surface area contributed by atoms with Gasteiger partial charge in [0, 0.05) is 13.2 Å². The molecule has 102 valence electrons. The molecule has 1 aliphatic heterocycles. The molecule has 0 aromatic rings.